The highest BCUT2D eigenvalue weighted by Gasteiger charge is 2.49. The number of benzene rings is 2. The molecule has 2 aromatic carbocycles. The van der Waals surface area contributed by atoms with Gasteiger partial charge in [0.05, 0.1) is 18.1 Å². The molecule has 1 N–H and O–H groups in total. The molecule has 0 radical (unpaired) electrons. The molecule has 0 amide bonds. The Bertz CT molecular complexity index is 1090. The molecule has 1 aromatic heterocycles. The molecule has 0 saturated heterocycles. The number of ether oxygens (including phenoxy) is 2. The third kappa shape index (κ3) is 2.76. The summed E-state index contributed by atoms with van der Waals surface area (Å²) in [4.78, 5) is 24.9. The number of halogens is 1. The zero-order valence-electron chi connectivity index (χ0n) is 14.3. The van der Waals surface area contributed by atoms with Crippen molar-refractivity contribution in [2.75, 3.05) is 7.11 Å². The van der Waals surface area contributed by atoms with Gasteiger partial charge in [0.25, 0.3) is 0 Å². The maximum Gasteiger partial charge on any atom is 0.379 e. The number of para-hydroxylation sites is 1. The van der Waals surface area contributed by atoms with Gasteiger partial charge in [-0.05, 0) is 29.8 Å². The molecule has 2 heterocycles. The summed E-state index contributed by atoms with van der Waals surface area (Å²) in [6.07, 6.45) is -0.276. The fraction of sp³-hybridized carbons (Fsp3) is 0.200. The third-order valence-electron chi connectivity index (χ3n) is 4.68. The van der Waals surface area contributed by atoms with E-state index in [1.54, 1.807) is 24.3 Å². The summed E-state index contributed by atoms with van der Waals surface area (Å²) in [5.74, 6) is -4.43. The van der Waals surface area contributed by atoms with Crippen molar-refractivity contribution < 1.29 is 28.2 Å². The highest BCUT2D eigenvalue weighted by Crippen LogP contribution is 2.45. The van der Waals surface area contributed by atoms with Crippen molar-refractivity contribution in [1.82, 2.24) is 0 Å². The van der Waals surface area contributed by atoms with Crippen LogP contribution < -0.4 is 10.4 Å². The second-order valence-electron chi connectivity index (χ2n) is 6.31. The predicted octanol–water partition coefficient (Wildman–Crippen LogP) is 2.71. The van der Waals surface area contributed by atoms with Crippen molar-refractivity contribution in [3.63, 3.8) is 0 Å². The minimum Gasteiger partial charge on any atom is -0.464 e. The molecule has 27 heavy (non-hydrogen) atoms. The monoisotopic (exact) mass is 370 g/mol. The molecule has 1 aliphatic rings. The Kier molecular flexibility index (Phi) is 3.96. The van der Waals surface area contributed by atoms with Gasteiger partial charge >= 0.3 is 17.4 Å². The van der Waals surface area contributed by atoms with Crippen LogP contribution in [0.2, 0.25) is 0 Å². The molecule has 0 bridgehead atoms. The van der Waals surface area contributed by atoms with Gasteiger partial charge in [-0.3, -0.25) is 0 Å². The molecule has 0 spiro atoms. The third-order valence-corrected chi connectivity index (χ3v) is 4.68. The summed E-state index contributed by atoms with van der Waals surface area (Å²) in [5, 5.41) is 11.3. The van der Waals surface area contributed by atoms with Crippen LogP contribution in [0, 0.1) is 5.82 Å². The molecule has 3 aromatic rings. The number of hydrogen-bond acceptors (Lipinski definition) is 6. The van der Waals surface area contributed by atoms with Crippen molar-refractivity contribution in [3.8, 4) is 5.75 Å². The van der Waals surface area contributed by atoms with Crippen LogP contribution in [0.1, 0.15) is 23.5 Å². The molecule has 0 saturated carbocycles. The van der Waals surface area contributed by atoms with Gasteiger partial charge in [-0.1, -0.05) is 24.3 Å². The van der Waals surface area contributed by atoms with Gasteiger partial charge in [-0.15, -0.1) is 0 Å². The molecular weight excluding hydrogens is 355 g/mol. The molecule has 1 unspecified atom stereocenters. The van der Waals surface area contributed by atoms with E-state index in [9.17, 15) is 19.1 Å². The van der Waals surface area contributed by atoms with E-state index in [4.69, 9.17) is 9.15 Å². The average molecular weight is 370 g/mol. The number of hydrogen-bond donors (Lipinski definition) is 1. The lowest BCUT2D eigenvalue weighted by atomic mass is 9.83. The highest BCUT2D eigenvalue weighted by atomic mass is 19.1. The van der Waals surface area contributed by atoms with E-state index in [1.807, 2.05) is 0 Å². The van der Waals surface area contributed by atoms with E-state index in [-0.39, 0.29) is 23.3 Å². The normalized spacial score (nSPS) is 21.4. The predicted molar refractivity (Wildman–Crippen MR) is 92.9 cm³/mol. The van der Waals surface area contributed by atoms with Crippen molar-refractivity contribution >= 4 is 16.9 Å². The number of aliphatic hydroxyl groups is 1. The first kappa shape index (κ1) is 17.2. The van der Waals surface area contributed by atoms with Crippen molar-refractivity contribution in [2.45, 2.75) is 18.1 Å². The van der Waals surface area contributed by atoms with Gasteiger partial charge in [0.2, 0.25) is 0 Å². The van der Waals surface area contributed by atoms with Crippen LogP contribution in [0.15, 0.2) is 57.7 Å². The summed E-state index contributed by atoms with van der Waals surface area (Å²) in [7, 11) is 1.13. The van der Waals surface area contributed by atoms with Gasteiger partial charge in [0.1, 0.15) is 17.1 Å². The van der Waals surface area contributed by atoms with E-state index in [1.165, 1.54) is 24.3 Å². The number of methoxy groups -OCH3 is 1. The van der Waals surface area contributed by atoms with Crippen LogP contribution in [0.3, 0.4) is 0 Å². The lowest BCUT2D eigenvalue weighted by Gasteiger charge is -2.36. The summed E-state index contributed by atoms with van der Waals surface area (Å²) in [6, 6.07) is 12.1. The molecule has 0 aliphatic carbocycles. The minimum absolute atomic E-state index is 0.0512. The zero-order valence-corrected chi connectivity index (χ0v) is 14.3. The Labute approximate surface area is 152 Å². The van der Waals surface area contributed by atoms with Crippen molar-refractivity contribution in [2.24, 2.45) is 0 Å². The summed E-state index contributed by atoms with van der Waals surface area (Å²) >= 11 is 0. The summed E-state index contributed by atoms with van der Waals surface area (Å²) in [6.45, 7) is 0. The first-order valence-electron chi connectivity index (χ1n) is 8.24. The van der Waals surface area contributed by atoms with Crippen molar-refractivity contribution in [3.05, 3.63) is 75.9 Å². The van der Waals surface area contributed by atoms with E-state index in [2.05, 4.69) is 4.74 Å². The van der Waals surface area contributed by atoms with Crippen molar-refractivity contribution in [1.29, 1.82) is 0 Å². The zero-order chi connectivity index (χ0) is 19.2. The SMILES string of the molecule is COC(=O)C1(O)C[C@@H](c2ccc(F)cc2)c2c(c3ccccc3oc2=O)O1. The van der Waals surface area contributed by atoms with Gasteiger partial charge < -0.3 is 19.0 Å². The maximum atomic E-state index is 13.3. The smallest absolute Gasteiger partial charge is 0.379 e. The number of fused-ring (bicyclic) bond motifs is 3. The van der Waals surface area contributed by atoms with Gasteiger partial charge in [0, 0.05) is 12.3 Å². The van der Waals surface area contributed by atoms with Crippen LogP contribution in [-0.2, 0) is 9.53 Å². The number of esters is 1. The lowest BCUT2D eigenvalue weighted by molar-refractivity contribution is -0.202. The van der Waals surface area contributed by atoms with Crippen LogP contribution in [0.5, 0.6) is 5.75 Å². The minimum atomic E-state index is -2.29. The largest absolute Gasteiger partial charge is 0.464 e. The number of carbonyl (C=O) groups excluding carboxylic acids is 1. The second kappa shape index (κ2) is 6.21. The first-order chi connectivity index (χ1) is 12.9. The first-order valence-corrected chi connectivity index (χ1v) is 8.24. The Morgan fingerprint density at radius 3 is 2.63 bits per heavy atom. The lowest BCUT2D eigenvalue weighted by Crippen LogP contribution is -2.50. The van der Waals surface area contributed by atoms with Gasteiger partial charge in [-0.2, -0.15) is 0 Å². The Morgan fingerprint density at radius 2 is 1.93 bits per heavy atom. The van der Waals surface area contributed by atoms with Gasteiger partial charge in [-0.25, -0.2) is 14.0 Å². The summed E-state index contributed by atoms with van der Waals surface area (Å²) in [5.41, 5.74) is 0.304. The highest BCUT2D eigenvalue weighted by molar-refractivity contribution is 5.87. The Morgan fingerprint density at radius 1 is 1.22 bits per heavy atom. The molecule has 2 atom stereocenters. The van der Waals surface area contributed by atoms with E-state index in [0.29, 0.717) is 10.9 Å². The van der Waals surface area contributed by atoms with E-state index < -0.39 is 29.1 Å². The van der Waals surface area contributed by atoms with Crippen LogP contribution in [0.25, 0.3) is 11.0 Å². The number of carbonyl (C=O) groups is 1. The standard InChI is InChI=1S/C20H15FO6/c1-25-19(23)20(24)10-14(11-6-8-12(21)9-7-11)16-17(27-20)13-4-2-3-5-15(13)26-18(16)22/h2-9,14,24H,10H2,1H3/t14-,20?/m0/s1. The fourth-order valence-corrected chi connectivity index (χ4v) is 3.40. The molecule has 4 rings (SSSR count). The topological polar surface area (TPSA) is 86.0 Å². The van der Waals surface area contributed by atoms with Gasteiger partial charge in [0.15, 0.2) is 0 Å². The van der Waals surface area contributed by atoms with Crippen LogP contribution >= 0.6 is 0 Å². The van der Waals surface area contributed by atoms with Crippen LogP contribution in [-0.4, -0.2) is 24.0 Å². The molecular formula is C20H15FO6. The number of rotatable bonds is 2. The molecule has 7 heteroatoms. The fourth-order valence-electron chi connectivity index (χ4n) is 3.40. The quantitative estimate of drug-likeness (QED) is 0.551. The Balaban J connectivity index is 2.00. The molecule has 138 valence electrons. The molecule has 1 aliphatic heterocycles. The molecule has 0 fully saturated rings. The second-order valence-corrected chi connectivity index (χ2v) is 6.31. The Hall–Kier alpha value is -3.19. The van der Waals surface area contributed by atoms with E-state index in [0.717, 1.165) is 7.11 Å². The summed E-state index contributed by atoms with van der Waals surface area (Å²) < 4.78 is 29.0. The van der Waals surface area contributed by atoms with E-state index >= 15 is 0 Å². The maximum absolute atomic E-state index is 13.3. The average Bonchev–Trinajstić information content (AvgIpc) is 2.67. The molecule has 6 nitrogen and oxygen atoms in total. The van der Waals surface area contributed by atoms with Crippen LogP contribution in [0.4, 0.5) is 4.39 Å².